The summed E-state index contributed by atoms with van der Waals surface area (Å²) in [5.74, 6) is -0.406. The van der Waals surface area contributed by atoms with Gasteiger partial charge in [0.2, 0.25) is 0 Å². The van der Waals surface area contributed by atoms with Crippen LogP contribution in [0.15, 0.2) is 48.5 Å². The van der Waals surface area contributed by atoms with E-state index in [2.05, 4.69) is 5.32 Å². The highest BCUT2D eigenvalue weighted by Gasteiger charge is 2.19. The molecule has 0 aliphatic carbocycles. The standard InChI is InChI=1S/C19H23NO3S/c1-19(2,3)24(23)13-15-7-5-9-17(11-15)20-12-14-6-4-8-16(10-14)18(21)22/h4-11,20H,12-13H2,1-3H3,(H,21,22). The molecule has 0 saturated carbocycles. The van der Waals surface area contributed by atoms with E-state index in [1.165, 1.54) is 0 Å². The molecule has 0 aromatic heterocycles. The second-order valence-corrected chi connectivity index (χ2v) is 8.87. The summed E-state index contributed by atoms with van der Waals surface area (Å²) in [7, 11) is -0.938. The van der Waals surface area contributed by atoms with Crippen molar-refractivity contribution >= 4 is 22.5 Å². The maximum atomic E-state index is 12.3. The van der Waals surface area contributed by atoms with Crippen LogP contribution in [0.1, 0.15) is 42.3 Å². The van der Waals surface area contributed by atoms with Crippen molar-refractivity contribution < 1.29 is 14.1 Å². The number of hydrogen-bond donors (Lipinski definition) is 2. The fraction of sp³-hybridized carbons (Fsp3) is 0.316. The first-order chi connectivity index (χ1) is 11.3. The van der Waals surface area contributed by atoms with Crippen LogP contribution in [-0.4, -0.2) is 20.0 Å². The van der Waals surface area contributed by atoms with Crippen LogP contribution >= 0.6 is 0 Å². The number of nitrogens with one attached hydrogen (secondary N) is 1. The van der Waals surface area contributed by atoms with Crippen LogP contribution in [0.25, 0.3) is 0 Å². The average Bonchev–Trinajstić information content (AvgIpc) is 2.52. The normalized spacial score (nSPS) is 12.6. The van der Waals surface area contributed by atoms with Crippen LogP contribution in [0.5, 0.6) is 0 Å². The number of anilines is 1. The predicted molar refractivity (Wildman–Crippen MR) is 98.8 cm³/mol. The molecular weight excluding hydrogens is 322 g/mol. The van der Waals surface area contributed by atoms with Crippen molar-refractivity contribution in [3.63, 3.8) is 0 Å². The van der Waals surface area contributed by atoms with Gasteiger partial charge in [-0.1, -0.05) is 24.3 Å². The molecule has 0 aliphatic heterocycles. The number of carboxylic acid groups (broad SMARTS) is 1. The molecule has 1 unspecified atom stereocenters. The summed E-state index contributed by atoms with van der Waals surface area (Å²) in [5.41, 5.74) is 3.13. The first-order valence-electron chi connectivity index (χ1n) is 7.79. The van der Waals surface area contributed by atoms with Crippen molar-refractivity contribution in [3.05, 3.63) is 65.2 Å². The van der Waals surface area contributed by atoms with E-state index in [1.54, 1.807) is 18.2 Å². The van der Waals surface area contributed by atoms with E-state index in [0.717, 1.165) is 16.8 Å². The quantitative estimate of drug-likeness (QED) is 0.829. The van der Waals surface area contributed by atoms with Crippen molar-refractivity contribution in [2.45, 2.75) is 37.8 Å². The number of carboxylic acids is 1. The third-order valence-corrected chi connectivity index (χ3v) is 5.54. The second kappa shape index (κ2) is 7.62. The van der Waals surface area contributed by atoms with Gasteiger partial charge >= 0.3 is 5.97 Å². The Bertz CT molecular complexity index is 750. The van der Waals surface area contributed by atoms with Gasteiger partial charge in [0, 0.05) is 33.5 Å². The topological polar surface area (TPSA) is 66.4 Å². The fourth-order valence-corrected chi connectivity index (χ4v) is 3.07. The Morgan fingerprint density at radius 1 is 1.08 bits per heavy atom. The first kappa shape index (κ1) is 18.2. The van der Waals surface area contributed by atoms with Gasteiger partial charge in [-0.2, -0.15) is 0 Å². The van der Waals surface area contributed by atoms with Crippen LogP contribution in [-0.2, 0) is 23.1 Å². The predicted octanol–water partition coefficient (Wildman–Crippen LogP) is 4.04. The molecule has 0 aliphatic rings. The lowest BCUT2D eigenvalue weighted by Crippen LogP contribution is -2.22. The largest absolute Gasteiger partial charge is 0.478 e. The van der Waals surface area contributed by atoms with Gasteiger partial charge in [-0.3, -0.25) is 4.21 Å². The van der Waals surface area contributed by atoms with Gasteiger partial charge in [0.05, 0.1) is 5.56 Å². The zero-order chi connectivity index (χ0) is 17.7. The lowest BCUT2D eigenvalue weighted by molar-refractivity contribution is 0.0696. The summed E-state index contributed by atoms with van der Waals surface area (Å²) >= 11 is 0. The summed E-state index contributed by atoms with van der Waals surface area (Å²) in [4.78, 5) is 11.0. The molecule has 0 amide bonds. The van der Waals surface area contributed by atoms with Crippen LogP contribution < -0.4 is 5.32 Å². The van der Waals surface area contributed by atoms with E-state index in [0.29, 0.717) is 12.3 Å². The van der Waals surface area contributed by atoms with Gasteiger partial charge in [0.25, 0.3) is 0 Å². The summed E-state index contributed by atoms with van der Waals surface area (Å²) in [6, 6.07) is 14.7. The molecule has 0 bridgehead atoms. The lowest BCUT2D eigenvalue weighted by atomic mass is 10.1. The number of rotatable bonds is 6. The molecule has 1 atom stereocenters. The van der Waals surface area contributed by atoms with E-state index >= 15 is 0 Å². The maximum Gasteiger partial charge on any atom is 0.335 e. The Kier molecular flexibility index (Phi) is 5.78. The third kappa shape index (κ3) is 5.20. The highest BCUT2D eigenvalue weighted by molar-refractivity contribution is 7.85. The van der Waals surface area contributed by atoms with Gasteiger partial charge in [-0.15, -0.1) is 0 Å². The average molecular weight is 345 g/mol. The van der Waals surface area contributed by atoms with Crippen molar-refractivity contribution in [3.8, 4) is 0 Å². The molecule has 2 aromatic carbocycles. The lowest BCUT2D eigenvalue weighted by Gasteiger charge is -2.18. The van der Waals surface area contributed by atoms with Gasteiger partial charge in [0.1, 0.15) is 0 Å². The Hall–Kier alpha value is -2.14. The van der Waals surface area contributed by atoms with E-state index in [1.807, 2.05) is 51.1 Å². The Labute approximate surface area is 145 Å². The van der Waals surface area contributed by atoms with Crippen molar-refractivity contribution in [2.75, 3.05) is 5.32 Å². The van der Waals surface area contributed by atoms with Gasteiger partial charge in [-0.05, 0) is 56.2 Å². The molecule has 24 heavy (non-hydrogen) atoms. The summed E-state index contributed by atoms with van der Waals surface area (Å²) < 4.78 is 12.0. The van der Waals surface area contributed by atoms with Crippen LogP contribution in [0, 0.1) is 0 Å². The molecule has 4 nitrogen and oxygen atoms in total. The minimum atomic E-state index is -0.938. The van der Waals surface area contributed by atoms with Gasteiger partial charge in [0.15, 0.2) is 0 Å². The maximum absolute atomic E-state index is 12.3. The molecule has 2 N–H and O–H groups in total. The number of benzene rings is 2. The molecule has 5 heteroatoms. The fourth-order valence-electron chi connectivity index (χ4n) is 2.16. The zero-order valence-corrected chi connectivity index (χ0v) is 15.0. The van der Waals surface area contributed by atoms with Gasteiger partial charge < -0.3 is 10.4 Å². The molecule has 2 aromatic rings. The summed E-state index contributed by atoms with van der Waals surface area (Å²) in [5, 5.41) is 12.3. The zero-order valence-electron chi connectivity index (χ0n) is 14.2. The highest BCUT2D eigenvalue weighted by atomic mass is 32.2. The van der Waals surface area contributed by atoms with Crippen molar-refractivity contribution in [1.29, 1.82) is 0 Å². The van der Waals surface area contributed by atoms with Crippen molar-refractivity contribution in [1.82, 2.24) is 0 Å². The number of carbonyl (C=O) groups is 1. The summed E-state index contributed by atoms with van der Waals surface area (Å²) in [6.07, 6.45) is 0. The smallest absolute Gasteiger partial charge is 0.335 e. The Balaban J connectivity index is 2.03. The van der Waals surface area contributed by atoms with Crippen LogP contribution in [0.2, 0.25) is 0 Å². The number of aromatic carboxylic acids is 1. The molecule has 128 valence electrons. The Morgan fingerprint density at radius 2 is 1.75 bits per heavy atom. The summed E-state index contributed by atoms with van der Waals surface area (Å²) in [6.45, 7) is 6.45. The molecule has 0 heterocycles. The van der Waals surface area contributed by atoms with E-state index < -0.39 is 16.8 Å². The molecule has 0 fully saturated rings. The van der Waals surface area contributed by atoms with Crippen LogP contribution in [0.4, 0.5) is 5.69 Å². The minimum Gasteiger partial charge on any atom is -0.478 e. The monoisotopic (exact) mass is 345 g/mol. The van der Waals surface area contributed by atoms with E-state index in [9.17, 15) is 9.00 Å². The molecule has 0 radical (unpaired) electrons. The minimum absolute atomic E-state index is 0.235. The molecule has 0 saturated heterocycles. The van der Waals surface area contributed by atoms with Crippen molar-refractivity contribution in [2.24, 2.45) is 0 Å². The number of hydrogen-bond acceptors (Lipinski definition) is 3. The second-order valence-electron chi connectivity index (χ2n) is 6.66. The van der Waals surface area contributed by atoms with E-state index in [-0.39, 0.29) is 10.3 Å². The SMILES string of the molecule is CC(C)(C)S(=O)Cc1cccc(NCc2cccc(C(=O)O)c2)c1. The Morgan fingerprint density at radius 3 is 2.42 bits per heavy atom. The first-order valence-corrected chi connectivity index (χ1v) is 9.11. The highest BCUT2D eigenvalue weighted by Crippen LogP contribution is 2.19. The third-order valence-electron chi connectivity index (χ3n) is 3.58. The van der Waals surface area contributed by atoms with Crippen LogP contribution in [0.3, 0.4) is 0 Å². The van der Waals surface area contributed by atoms with E-state index in [4.69, 9.17) is 5.11 Å². The molecule has 2 rings (SSSR count). The molecular formula is C19H23NO3S. The van der Waals surface area contributed by atoms with Gasteiger partial charge in [-0.25, -0.2) is 4.79 Å². The molecule has 0 spiro atoms.